The molecular formula is C17H22N4O4. The van der Waals surface area contributed by atoms with Crippen molar-refractivity contribution in [2.45, 2.75) is 26.3 Å². The van der Waals surface area contributed by atoms with Crippen LogP contribution in [0.15, 0.2) is 18.6 Å². The van der Waals surface area contributed by atoms with Crippen LogP contribution in [0.25, 0.3) is 5.65 Å². The van der Waals surface area contributed by atoms with E-state index >= 15 is 0 Å². The van der Waals surface area contributed by atoms with Gasteiger partial charge in [0, 0.05) is 24.5 Å². The average Bonchev–Trinajstić information content (AvgIpc) is 3.05. The number of piperidine rings is 1. The van der Waals surface area contributed by atoms with Gasteiger partial charge in [0.05, 0.1) is 25.8 Å². The highest BCUT2D eigenvalue weighted by molar-refractivity contribution is 5.95. The Morgan fingerprint density at radius 2 is 2.04 bits per heavy atom. The standard InChI is InChI=1S/C17H22N4O4/c1-3-25-17(23)14-9-19-21-11-12(8-18-15(14)21)10-20-6-4-13(5-7-20)16(22)24-2/h8-9,11,13H,3-7,10H2,1-2H3. The molecule has 8 heteroatoms. The van der Waals surface area contributed by atoms with Crippen LogP contribution in [0.3, 0.4) is 0 Å². The number of hydrogen-bond acceptors (Lipinski definition) is 7. The number of carbonyl (C=O) groups is 2. The number of hydrogen-bond donors (Lipinski definition) is 0. The summed E-state index contributed by atoms with van der Waals surface area (Å²) in [4.78, 5) is 30.1. The third kappa shape index (κ3) is 3.79. The molecule has 0 saturated carbocycles. The van der Waals surface area contributed by atoms with Crippen LogP contribution in [-0.4, -0.2) is 58.2 Å². The molecule has 0 aliphatic carbocycles. The molecule has 0 unspecified atom stereocenters. The van der Waals surface area contributed by atoms with Crippen LogP contribution < -0.4 is 0 Å². The van der Waals surface area contributed by atoms with Gasteiger partial charge in [-0.3, -0.25) is 9.69 Å². The molecule has 134 valence electrons. The SMILES string of the molecule is CCOC(=O)c1cnn2cc(CN3CCC(C(=O)OC)CC3)cnc12. The summed E-state index contributed by atoms with van der Waals surface area (Å²) in [6.45, 7) is 4.48. The monoisotopic (exact) mass is 346 g/mol. The van der Waals surface area contributed by atoms with Crippen molar-refractivity contribution in [3.05, 3.63) is 29.7 Å². The highest BCUT2D eigenvalue weighted by atomic mass is 16.5. The summed E-state index contributed by atoms with van der Waals surface area (Å²) in [5.41, 5.74) is 1.86. The molecule has 0 radical (unpaired) electrons. The lowest BCUT2D eigenvalue weighted by atomic mass is 9.97. The van der Waals surface area contributed by atoms with Gasteiger partial charge in [-0.25, -0.2) is 14.3 Å². The van der Waals surface area contributed by atoms with Crippen LogP contribution >= 0.6 is 0 Å². The third-order valence-electron chi connectivity index (χ3n) is 4.43. The highest BCUT2D eigenvalue weighted by Gasteiger charge is 2.25. The zero-order valence-electron chi connectivity index (χ0n) is 14.5. The number of likely N-dealkylation sites (tertiary alicyclic amines) is 1. The van der Waals surface area contributed by atoms with Crippen molar-refractivity contribution in [3.8, 4) is 0 Å². The van der Waals surface area contributed by atoms with Gasteiger partial charge in [-0.15, -0.1) is 0 Å². The third-order valence-corrected chi connectivity index (χ3v) is 4.43. The predicted molar refractivity (Wildman–Crippen MR) is 89.0 cm³/mol. The summed E-state index contributed by atoms with van der Waals surface area (Å²) < 4.78 is 11.4. The Labute approximate surface area is 145 Å². The van der Waals surface area contributed by atoms with Gasteiger partial charge >= 0.3 is 11.9 Å². The number of methoxy groups -OCH3 is 1. The van der Waals surface area contributed by atoms with E-state index in [4.69, 9.17) is 9.47 Å². The molecule has 3 heterocycles. The molecule has 2 aromatic heterocycles. The molecule has 0 amide bonds. The lowest BCUT2D eigenvalue weighted by Crippen LogP contribution is -2.36. The minimum Gasteiger partial charge on any atom is -0.469 e. The lowest BCUT2D eigenvalue weighted by Gasteiger charge is -2.30. The molecule has 1 fully saturated rings. The summed E-state index contributed by atoms with van der Waals surface area (Å²) in [6, 6.07) is 0. The second-order valence-electron chi connectivity index (χ2n) is 6.08. The van der Waals surface area contributed by atoms with E-state index < -0.39 is 5.97 Å². The van der Waals surface area contributed by atoms with Gasteiger partial charge in [0.2, 0.25) is 0 Å². The second-order valence-corrected chi connectivity index (χ2v) is 6.08. The number of aromatic nitrogens is 3. The Morgan fingerprint density at radius 3 is 2.72 bits per heavy atom. The zero-order valence-corrected chi connectivity index (χ0v) is 14.5. The number of esters is 2. The van der Waals surface area contributed by atoms with E-state index in [0.717, 1.165) is 38.0 Å². The van der Waals surface area contributed by atoms with Crippen molar-refractivity contribution in [3.63, 3.8) is 0 Å². The molecule has 8 nitrogen and oxygen atoms in total. The van der Waals surface area contributed by atoms with E-state index in [1.165, 1.54) is 13.3 Å². The minimum absolute atomic E-state index is 0.0000989. The first-order valence-electron chi connectivity index (χ1n) is 8.42. The van der Waals surface area contributed by atoms with Gasteiger partial charge in [0.1, 0.15) is 5.56 Å². The fourth-order valence-corrected chi connectivity index (χ4v) is 3.10. The van der Waals surface area contributed by atoms with Crippen LogP contribution in [0.1, 0.15) is 35.7 Å². The Kier molecular flexibility index (Phi) is 5.28. The zero-order chi connectivity index (χ0) is 17.8. The molecule has 0 aromatic carbocycles. The first-order chi connectivity index (χ1) is 12.1. The Hall–Kier alpha value is -2.48. The first kappa shape index (κ1) is 17.3. The van der Waals surface area contributed by atoms with E-state index in [9.17, 15) is 9.59 Å². The highest BCUT2D eigenvalue weighted by Crippen LogP contribution is 2.20. The minimum atomic E-state index is -0.414. The van der Waals surface area contributed by atoms with E-state index in [2.05, 4.69) is 15.0 Å². The van der Waals surface area contributed by atoms with Crippen molar-refractivity contribution in [2.24, 2.45) is 5.92 Å². The molecule has 0 N–H and O–H groups in total. The summed E-state index contributed by atoms with van der Waals surface area (Å²) >= 11 is 0. The average molecular weight is 346 g/mol. The molecule has 1 aliphatic rings. The summed E-state index contributed by atoms with van der Waals surface area (Å²) in [7, 11) is 1.43. The molecule has 0 spiro atoms. The fraction of sp³-hybridized carbons (Fsp3) is 0.529. The maximum Gasteiger partial charge on any atom is 0.343 e. The smallest absolute Gasteiger partial charge is 0.343 e. The number of carbonyl (C=O) groups excluding carboxylic acids is 2. The van der Waals surface area contributed by atoms with Gasteiger partial charge in [-0.2, -0.15) is 5.10 Å². The van der Waals surface area contributed by atoms with Crippen LogP contribution in [0.5, 0.6) is 0 Å². The summed E-state index contributed by atoms with van der Waals surface area (Å²) in [5, 5.41) is 4.20. The number of rotatable bonds is 5. The van der Waals surface area contributed by atoms with Crippen molar-refractivity contribution >= 4 is 17.6 Å². The summed E-state index contributed by atoms with van der Waals surface area (Å²) in [5.74, 6) is -0.534. The summed E-state index contributed by atoms with van der Waals surface area (Å²) in [6.07, 6.45) is 6.71. The number of ether oxygens (including phenoxy) is 2. The van der Waals surface area contributed by atoms with Crippen molar-refractivity contribution in [1.82, 2.24) is 19.5 Å². The molecule has 1 saturated heterocycles. The maximum absolute atomic E-state index is 11.9. The maximum atomic E-state index is 11.9. The van der Waals surface area contributed by atoms with Crippen molar-refractivity contribution in [2.75, 3.05) is 26.8 Å². The second kappa shape index (κ2) is 7.60. The lowest BCUT2D eigenvalue weighted by molar-refractivity contribution is -0.147. The van der Waals surface area contributed by atoms with Gasteiger partial charge in [-0.05, 0) is 32.9 Å². The quantitative estimate of drug-likeness (QED) is 0.754. The molecule has 1 aliphatic heterocycles. The normalized spacial score (nSPS) is 16.1. The van der Waals surface area contributed by atoms with Crippen LogP contribution in [0, 0.1) is 5.92 Å². The van der Waals surface area contributed by atoms with Crippen molar-refractivity contribution < 1.29 is 19.1 Å². The van der Waals surface area contributed by atoms with Gasteiger partial charge in [-0.1, -0.05) is 0 Å². The Bertz CT molecular complexity index is 765. The predicted octanol–water partition coefficient (Wildman–Crippen LogP) is 1.29. The molecule has 3 rings (SSSR count). The molecule has 2 aromatic rings. The van der Waals surface area contributed by atoms with Crippen molar-refractivity contribution in [1.29, 1.82) is 0 Å². The van der Waals surface area contributed by atoms with Crippen LogP contribution in [0.2, 0.25) is 0 Å². The fourth-order valence-electron chi connectivity index (χ4n) is 3.10. The van der Waals surface area contributed by atoms with E-state index in [1.54, 1.807) is 17.6 Å². The first-order valence-corrected chi connectivity index (χ1v) is 8.42. The van der Waals surface area contributed by atoms with Gasteiger partial charge in [0.25, 0.3) is 0 Å². The Morgan fingerprint density at radius 1 is 1.28 bits per heavy atom. The molecule has 25 heavy (non-hydrogen) atoms. The van der Waals surface area contributed by atoms with Gasteiger partial charge in [0.15, 0.2) is 5.65 Å². The van der Waals surface area contributed by atoms with E-state index in [-0.39, 0.29) is 11.9 Å². The van der Waals surface area contributed by atoms with E-state index in [1.807, 2.05) is 6.20 Å². The molecule has 0 atom stereocenters. The van der Waals surface area contributed by atoms with Gasteiger partial charge < -0.3 is 9.47 Å². The molecular weight excluding hydrogens is 324 g/mol. The topological polar surface area (TPSA) is 86.0 Å². The largest absolute Gasteiger partial charge is 0.469 e. The number of nitrogens with zero attached hydrogens (tertiary/aromatic N) is 4. The Balaban J connectivity index is 1.65. The number of fused-ring (bicyclic) bond motifs is 1. The van der Waals surface area contributed by atoms with Crippen LogP contribution in [-0.2, 0) is 20.8 Å². The van der Waals surface area contributed by atoms with Crippen LogP contribution in [0.4, 0.5) is 0 Å². The molecule has 0 bridgehead atoms. The van der Waals surface area contributed by atoms with E-state index in [0.29, 0.717) is 17.8 Å².